The molecule has 2 N–H and O–H groups in total. The fourth-order valence-corrected chi connectivity index (χ4v) is 2.70. The number of fused-ring (bicyclic) bond motifs is 1. The molecule has 2 fully saturated rings. The van der Waals surface area contributed by atoms with E-state index in [1.165, 1.54) is 0 Å². The predicted molar refractivity (Wildman–Crippen MR) is 59.6 cm³/mol. The number of likely N-dealkylation sites (tertiary alicyclic amines) is 1. The van der Waals surface area contributed by atoms with E-state index in [-0.39, 0.29) is 11.9 Å². The third-order valence-corrected chi connectivity index (χ3v) is 3.70. The van der Waals surface area contributed by atoms with E-state index in [4.69, 9.17) is 0 Å². The van der Waals surface area contributed by atoms with Crippen molar-refractivity contribution in [2.75, 3.05) is 32.7 Å². The van der Waals surface area contributed by atoms with Crippen molar-refractivity contribution in [3.63, 3.8) is 0 Å². The number of nitrogens with zero attached hydrogens (tertiary/aromatic N) is 1. The maximum Gasteiger partial charge on any atom is 0.237 e. The molecule has 0 aromatic heterocycles. The predicted octanol–water partition coefficient (Wildman–Crippen LogP) is -0.338. The molecule has 86 valence electrons. The van der Waals surface area contributed by atoms with Gasteiger partial charge in [-0.25, -0.2) is 0 Å². The third kappa shape index (κ3) is 2.16. The summed E-state index contributed by atoms with van der Waals surface area (Å²) in [5, 5.41) is 6.30. The summed E-state index contributed by atoms with van der Waals surface area (Å²) in [6.07, 6.45) is 0. The number of nitrogens with one attached hydrogen (secondary N) is 2. The molecule has 0 bridgehead atoms. The van der Waals surface area contributed by atoms with Gasteiger partial charge in [-0.05, 0) is 38.8 Å². The molecule has 2 saturated heterocycles. The molecular weight excluding hydrogens is 190 g/mol. The zero-order chi connectivity index (χ0) is 10.8. The minimum atomic E-state index is 0.0375. The van der Waals surface area contributed by atoms with Crippen LogP contribution in [0.15, 0.2) is 0 Å². The van der Waals surface area contributed by atoms with E-state index in [2.05, 4.69) is 15.5 Å². The largest absolute Gasteiger partial charge is 0.355 e. The standard InChI is InChI=1S/C11H21N3O/c1-3-13-11(15)8(2)14-6-9-4-12-5-10(9)7-14/h8-10,12H,3-7H2,1-2H3,(H,13,15)/t8?,9-,10+. The van der Waals surface area contributed by atoms with Crippen molar-refractivity contribution in [2.45, 2.75) is 19.9 Å². The van der Waals surface area contributed by atoms with Gasteiger partial charge >= 0.3 is 0 Å². The highest BCUT2D eigenvalue weighted by molar-refractivity contribution is 5.81. The van der Waals surface area contributed by atoms with E-state index in [1.54, 1.807) is 0 Å². The molecule has 0 saturated carbocycles. The highest BCUT2D eigenvalue weighted by atomic mass is 16.2. The Hall–Kier alpha value is -0.610. The first-order valence-corrected chi connectivity index (χ1v) is 5.94. The molecule has 2 rings (SSSR count). The zero-order valence-corrected chi connectivity index (χ0v) is 9.62. The maximum absolute atomic E-state index is 11.7. The number of carbonyl (C=O) groups is 1. The van der Waals surface area contributed by atoms with Crippen molar-refractivity contribution >= 4 is 5.91 Å². The van der Waals surface area contributed by atoms with Gasteiger partial charge in [0.25, 0.3) is 0 Å². The molecule has 2 aliphatic heterocycles. The van der Waals surface area contributed by atoms with Crippen molar-refractivity contribution < 1.29 is 4.79 Å². The van der Waals surface area contributed by atoms with Crippen molar-refractivity contribution in [1.82, 2.24) is 15.5 Å². The van der Waals surface area contributed by atoms with Gasteiger partial charge in [-0.2, -0.15) is 0 Å². The average Bonchev–Trinajstić information content (AvgIpc) is 2.75. The van der Waals surface area contributed by atoms with E-state index < -0.39 is 0 Å². The summed E-state index contributed by atoms with van der Waals surface area (Å²) in [6.45, 7) is 9.12. The summed E-state index contributed by atoms with van der Waals surface area (Å²) in [5.41, 5.74) is 0. The number of carbonyl (C=O) groups excluding carboxylic acids is 1. The first-order chi connectivity index (χ1) is 7.22. The summed E-state index contributed by atoms with van der Waals surface area (Å²) >= 11 is 0. The van der Waals surface area contributed by atoms with Crippen LogP contribution in [0, 0.1) is 11.8 Å². The maximum atomic E-state index is 11.7. The smallest absolute Gasteiger partial charge is 0.237 e. The fourth-order valence-electron chi connectivity index (χ4n) is 2.70. The van der Waals surface area contributed by atoms with Crippen molar-refractivity contribution in [2.24, 2.45) is 11.8 Å². The van der Waals surface area contributed by atoms with Gasteiger partial charge < -0.3 is 10.6 Å². The number of amides is 1. The molecule has 0 aromatic carbocycles. The fraction of sp³-hybridized carbons (Fsp3) is 0.909. The van der Waals surface area contributed by atoms with Gasteiger partial charge in [0.2, 0.25) is 5.91 Å². The van der Waals surface area contributed by atoms with Crippen LogP contribution in [-0.2, 0) is 4.79 Å². The van der Waals surface area contributed by atoms with Crippen LogP contribution in [-0.4, -0.2) is 49.6 Å². The van der Waals surface area contributed by atoms with E-state index in [1.807, 2.05) is 13.8 Å². The summed E-state index contributed by atoms with van der Waals surface area (Å²) in [7, 11) is 0. The molecule has 1 amide bonds. The molecule has 0 radical (unpaired) electrons. The van der Waals surface area contributed by atoms with E-state index in [0.717, 1.165) is 44.6 Å². The Labute approximate surface area is 91.4 Å². The molecule has 4 nitrogen and oxygen atoms in total. The molecule has 4 heteroatoms. The van der Waals surface area contributed by atoms with Crippen molar-refractivity contribution in [3.8, 4) is 0 Å². The zero-order valence-electron chi connectivity index (χ0n) is 9.62. The van der Waals surface area contributed by atoms with Crippen molar-refractivity contribution in [3.05, 3.63) is 0 Å². The number of rotatable bonds is 3. The molecule has 0 spiro atoms. The van der Waals surface area contributed by atoms with Gasteiger partial charge in [0.15, 0.2) is 0 Å². The Bertz CT molecular complexity index is 232. The van der Waals surface area contributed by atoms with Crippen LogP contribution in [0.5, 0.6) is 0 Å². The van der Waals surface area contributed by atoms with Gasteiger partial charge in [0.05, 0.1) is 6.04 Å². The second-order valence-electron chi connectivity index (χ2n) is 4.70. The van der Waals surface area contributed by atoms with E-state index >= 15 is 0 Å². The topological polar surface area (TPSA) is 44.4 Å². The highest BCUT2D eigenvalue weighted by Crippen LogP contribution is 2.27. The molecule has 2 heterocycles. The van der Waals surface area contributed by atoms with E-state index in [9.17, 15) is 4.79 Å². The van der Waals surface area contributed by atoms with Gasteiger partial charge in [-0.1, -0.05) is 0 Å². The van der Waals surface area contributed by atoms with Crippen LogP contribution >= 0.6 is 0 Å². The number of likely N-dealkylation sites (N-methyl/N-ethyl adjacent to an activating group) is 1. The monoisotopic (exact) mass is 211 g/mol. The van der Waals surface area contributed by atoms with E-state index in [0.29, 0.717) is 0 Å². The van der Waals surface area contributed by atoms with Crippen LogP contribution in [0.25, 0.3) is 0 Å². The lowest BCUT2D eigenvalue weighted by Crippen LogP contribution is -2.44. The molecule has 1 unspecified atom stereocenters. The summed E-state index contributed by atoms with van der Waals surface area (Å²) < 4.78 is 0. The van der Waals surface area contributed by atoms with Crippen LogP contribution < -0.4 is 10.6 Å². The Morgan fingerprint density at radius 3 is 2.60 bits per heavy atom. The Balaban J connectivity index is 1.87. The Morgan fingerprint density at radius 1 is 1.47 bits per heavy atom. The average molecular weight is 211 g/mol. The molecule has 15 heavy (non-hydrogen) atoms. The Morgan fingerprint density at radius 2 is 2.07 bits per heavy atom. The van der Waals surface area contributed by atoms with Crippen LogP contribution in [0.4, 0.5) is 0 Å². The first kappa shape index (κ1) is 10.9. The quantitative estimate of drug-likeness (QED) is 0.671. The van der Waals surface area contributed by atoms with Crippen molar-refractivity contribution in [1.29, 1.82) is 0 Å². The lowest BCUT2D eigenvalue weighted by atomic mass is 10.0. The van der Waals surface area contributed by atoms with Crippen LogP contribution in [0.3, 0.4) is 0 Å². The number of hydrogen-bond donors (Lipinski definition) is 2. The normalized spacial score (nSPS) is 32.7. The summed E-state index contributed by atoms with van der Waals surface area (Å²) in [4.78, 5) is 14.0. The van der Waals surface area contributed by atoms with Crippen LogP contribution in [0.2, 0.25) is 0 Å². The van der Waals surface area contributed by atoms with Gasteiger partial charge in [0.1, 0.15) is 0 Å². The van der Waals surface area contributed by atoms with Gasteiger partial charge in [-0.15, -0.1) is 0 Å². The summed E-state index contributed by atoms with van der Waals surface area (Å²) in [6, 6.07) is 0.0375. The molecular formula is C11H21N3O. The van der Waals surface area contributed by atoms with Gasteiger partial charge in [-0.3, -0.25) is 9.69 Å². The molecule has 2 aliphatic rings. The van der Waals surface area contributed by atoms with Gasteiger partial charge in [0, 0.05) is 19.6 Å². The highest BCUT2D eigenvalue weighted by Gasteiger charge is 2.38. The second kappa shape index (κ2) is 4.49. The molecule has 0 aliphatic carbocycles. The number of hydrogen-bond acceptors (Lipinski definition) is 3. The SMILES string of the molecule is CCNC(=O)C(C)N1C[C@H]2CNC[C@H]2C1. The molecule has 0 aromatic rings. The lowest BCUT2D eigenvalue weighted by Gasteiger charge is -2.23. The third-order valence-electron chi connectivity index (χ3n) is 3.70. The molecule has 3 atom stereocenters. The minimum absolute atomic E-state index is 0.0375. The second-order valence-corrected chi connectivity index (χ2v) is 4.70. The Kier molecular flexibility index (Phi) is 3.26. The lowest BCUT2D eigenvalue weighted by molar-refractivity contribution is -0.125. The first-order valence-electron chi connectivity index (χ1n) is 5.94. The summed E-state index contributed by atoms with van der Waals surface area (Å²) in [5.74, 6) is 1.70. The minimum Gasteiger partial charge on any atom is -0.355 e. The van der Waals surface area contributed by atoms with Crippen LogP contribution in [0.1, 0.15) is 13.8 Å².